The van der Waals surface area contributed by atoms with Crippen molar-refractivity contribution < 1.29 is 4.39 Å². The van der Waals surface area contributed by atoms with E-state index in [1.807, 2.05) is 12.1 Å². The van der Waals surface area contributed by atoms with Crippen molar-refractivity contribution in [1.82, 2.24) is 0 Å². The van der Waals surface area contributed by atoms with Gasteiger partial charge in [0.1, 0.15) is 5.82 Å². The second-order valence-corrected chi connectivity index (χ2v) is 8.42. The first-order valence-corrected chi connectivity index (χ1v) is 10.1. The van der Waals surface area contributed by atoms with Gasteiger partial charge in [0.15, 0.2) is 0 Å². The van der Waals surface area contributed by atoms with Gasteiger partial charge in [-0.3, -0.25) is 0 Å². The molecule has 0 amide bonds. The normalized spacial score (nSPS) is 28.4. The molecule has 0 saturated heterocycles. The molecule has 2 saturated carbocycles. The van der Waals surface area contributed by atoms with Crippen LogP contribution in [0, 0.1) is 30.5 Å². The molecule has 2 aromatic rings. The van der Waals surface area contributed by atoms with E-state index in [1.54, 1.807) is 13.0 Å². The number of rotatable bonds is 3. The molecule has 0 radical (unpaired) electrons. The van der Waals surface area contributed by atoms with E-state index in [4.69, 9.17) is 0 Å². The summed E-state index contributed by atoms with van der Waals surface area (Å²) in [4.78, 5) is 0. The molecule has 2 aliphatic rings. The number of benzene rings is 2. The van der Waals surface area contributed by atoms with Crippen molar-refractivity contribution in [1.29, 1.82) is 0 Å². The number of hydrogen-bond donors (Lipinski definition) is 0. The molecular formula is C25H29F. The summed E-state index contributed by atoms with van der Waals surface area (Å²) in [6, 6.07) is 14.4. The zero-order chi connectivity index (χ0) is 18.1. The van der Waals surface area contributed by atoms with Crippen molar-refractivity contribution in [2.45, 2.75) is 51.4 Å². The fourth-order valence-electron chi connectivity index (χ4n) is 5.16. The van der Waals surface area contributed by atoms with Crippen LogP contribution in [0.3, 0.4) is 0 Å². The van der Waals surface area contributed by atoms with Crippen molar-refractivity contribution in [2.75, 3.05) is 0 Å². The minimum atomic E-state index is -0.125. The number of fused-ring (bicyclic) bond motifs is 1. The monoisotopic (exact) mass is 348 g/mol. The van der Waals surface area contributed by atoms with Crippen LogP contribution in [0.25, 0.3) is 11.1 Å². The molecule has 2 fully saturated rings. The largest absolute Gasteiger partial charge is 0.207 e. The summed E-state index contributed by atoms with van der Waals surface area (Å²) in [5.41, 5.74) is 4.23. The van der Waals surface area contributed by atoms with E-state index < -0.39 is 0 Å². The molecule has 4 atom stereocenters. The number of allylic oxidation sites excluding steroid dienone is 1. The number of halogens is 1. The van der Waals surface area contributed by atoms with Gasteiger partial charge in [-0.25, -0.2) is 4.39 Å². The summed E-state index contributed by atoms with van der Waals surface area (Å²) in [5, 5.41) is 0. The highest BCUT2D eigenvalue weighted by atomic mass is 19.1. The van der Waals surface area contributed by atoms with Crippen LogP contribution in [0.15, 0.2) is 55.1 Å². The summed E-state index contributed by atoms with van der Waals surface area (Å²) in [6.45, 7) is 5.81. The molecule has 4 unspecified atom stereocenters. The highest BCUT2D eigenvalue weighted by Crippen LogP contribution is 2.47. The Bertz CT molecular complexity index is 773. The van der Waals surface area contributed by atoms with Gasteiger partial charge in [-0.1, -0.05) is 42.5 Å². The first-order chi connectivity index (χ1) is 12.6. The maximum Gasteiger partial charge on any atom is 0.126 e. The van der Waals surface area contributed by atoms with E-state index in [0.29, 0.717) is 11.5 Å². The number of aryl methyl sites for hydroxylation is 1. The third kappa shape index (κ3) is 3.49. The van der Waals surface area contributed by atoms with Gasteiger partial charge in [0, 0.05) is 0 Å². The predicted molar refractivity (Wildman–Crippen MR) is 108 cm³/mol. The Morgan fingerprint density at radius 2 is 1.58 bits per heavy atom. The van der Waals surface area contributed by atoms with E-state index in [0.717, 1.165) is 28.9 Å². The van der Waals surface area contributed by atoms with E-state index in [-0.39, 0.29) is 5.82 Å². The van der Waals surface area contributed by atoms with Crippen LogP contribution in [0.4, 0.5) is 4.39 Å². The molecule has 0 N–H and O–H groups in total. The number of hydrogen-bond acceptors (Lipinski definition) is 0. The maximum atomic E-state index is 13.8. The molecule has 1 heteroatoms. The zero-order valence-corrected chi connectivity index (χ0v) is 15.8. The third-order valence-corrected chi connectivity index (χ3v) is 6.87. The molecule has 0 bridgehead atoms. The molecular weight excluding hydrogens is 319 g/mol. The summed E-state index contributed by atoms with van der Waals surface area (Å²) < 4.78 is 13.8. The zero-order valence-electron chi connectivity index (χ0n) is 15.8. The van der Waals surface area contributed by atoms with E-state index in [1.165, 1.54) is 44.1 Å². The lowest BCUT2D eigenvalue weighted by atomic mass is 9.64. The van der Waals surface area contributed by atoms with Crippen molar-refractivity contribution in [3.8, 4) is 11.1 Å². The Morgan fingerprint density at radius 3 is 2.31 bits per heavy atom. The van der Waals surface area contributed by atoms with Crippen LogP contribution in [0.2, 0.25) is 0 Å². The predicted octanol–water partition coefficient (Wildman–Crippen LogP) is 7.29. The lowest BCUT2D eigenvalue weighted by Gasteiger charge is -2.41. The standard InChI is InChI=1S/C25H29F/c1-3-18-5-7-23-15-22(13-12-21(23)14-18)19-8-10-20(11-9-19)24-6-4-17(2)25(26)16-24/h3-4,6,8-11,16,18,21-23H,1,5,7,12-15H2,2H3. The molecule has 4 rings (SSSR count). The third-order valence-electron chi connectivity index (χ3n) is 6.87. The smallest absolute Gasteiger partial charge is 0.126 e. The van der Waals surface area contributed by atoms with Crippen molar-refractivity contribution >= 4 is 0 Å². The minimum absolute atomic E-state index is 0.125. The summed E-state index contributed by atoms with van der Waals surface area (Å²) in [6.07, 6.45) is 10.3. The van der Waals surface area contributed by atoms with Crippen LogP contribution >= 0.6 is 0 Å². The van der Waals surface area contributed by atoms with Gasteiger partial charge < -0.3 is 0 Å². The van der Waals surface area contributed by atoms with Crippen LogP contribution < -0.4 is 0 Å². The van der Waals surface area contributed by atoms with Gasteiger partial charge in [-0.15, -0.1) is 6.58 Å². The first kappa shape index (κ1) is 17.5. The van der Waals surface area contributed by atoms with E-state index >= 15 is 0 Å². The average Bonchev–Trinajstić information content (AvgIpc) is 2.69. The molecule has 2 aliphatic carbocycles. The lowest BCUT2D eigenvalue weighted by molar-refractivity contribution is 0.133. The van der Waals surface area contributed by atoms with Crippen LogP contribution in [0.1, 0.15) is 55.6 Å². The van der Waals surface area contributed by atoms with Gasteiger partial charge in [0.2, 0.25) is 0 Å². The fourth-order valence-corrected chi connectivity index (χ4v) is 5.16. The summed E-state index contributed by atoms with van der Waals surface area (Å²) in [7, 11) is 0. The van der Waals surface area contributed by atoms with Gasteiger partial charge in [-0.05, 0) is 97.4 Å². The first-order valence-electron chi connectivity index (χ1n) is 10.1. The van der Waals surface area contributed by atoms with Gasteiger partial charge in [0.25, 0.3) is 0 Å². The van der Waals surface area contributed by atoms with Crippen LogP contribution in [-0.2, 0) is 0 Å². The summed E-state index contributed by atoms with van der Waals surface area (Å²) >= 11 is 0. The fraction of sp³-hybridized carbons (Fsp3) is 0.440. The highest BCUT2D eigenvalue weighted by Gasteiger charge is 2.35. The Morgan fingerprint density at radius 1 is 0.885 bits per heavy atom. The topological polar surface area (TPSA) is 0 Å². The lowest BCUT2D eigenvalue weighted by Crippen LogP contribution is -2.29. The van der Waals surface area contributed by atoms with Crippen molar-refractivity contribution in [3.63, 3.8) is 0 Å². The van der Waals surface area contributed by atoms with Crippen molar-refractivity contribution in [3.05, 3.63) is 72.1 Å². The van der Waals surface area contributed by atoms with Crippen LogP contribution in [0.5, 0.6) is 0 Å². The molecule has 136 valence electrons. The Labute approximate surface area is 157 Å². The second-order valence-electron chi connectivity index (χ2n) is 8.42. The molecule has 0 aliphatic heterocycles. The summed E-state index contributed by atoms with van der Waals surface area (Å²) in [5.74, 6) is 3.14. The SMILES string of the molecule is C=CC1CCC2CC(c3ccc(-c4ccc(C)c(F)c4)cc3)CCC2C1. The molecule has 26 heavy (non-hydrogen) atoms. The van der Waals surface area contributed by atoms with Crippen molar-refractivity contribution in [2.24, 2.45) is 17.8 Å². The van der Waals surface area contributed by atoms with Crippen LogP contribution in [-0.4, -0.2) is 0 Å². The maximum absolute atomic E-state index is 13.8. The molecule has 0 nitrogen and oxygen atoms in total. The second kappa shape index (κ2) is 7.39. The van der Waals surface area contributed by atoms with E-state index in [2.05, 4.69) is 36.9 Å². The Balaban J connectivity index is 1.46. The van der Waals surface area contributed by atoms with Gasteiger partial charge in [-0.2, -0.15) is 0 Å². The minimum Gasteiger partial charge on any atom is -0.207 e. The van der Waals surface area contributed by atoms with Gasteiger partial charge >= 0.3 is 0 Å². The van der Waals surface area contributed by atoms with E-state index in [9.17, 15) is 4.39 Å². The van der Waals surface area contributed by atoms with Gasteiger partial charge in [0.05, 0.1) is 0 Å². The average molecular weight is 349 g/mol. The molecule has 0 spiro atoms. The quantitative estimate of drug-likeness (QED) is 0.511. The highest BCUT2D eigenvalue weighted by molar-refractivity contribution is 5.64. The molecule has 0 heterocycles. The molecule has 0 aromatic heterocycles. The molecule has 2 aromatic carbocycles. The Hall–Kier alpha value is -1.89. The Kier molecular flexibility index (Phi) is 4.98.